The summed E-state index contributed by atoms with van der Waals surface area (Å²) >= 11 is 0. The van der Waals surface area contributed by atoms with Gasteiger partial charge in [0.1, 0.15) is 5.82 Å². The van der Waals surface area contributed by atoms with Crippen LogP contribution in [0.25, 0.3) is 0 Å². The van der Waals surface area contributed by atoms with E-state index in [-0.39, 0.29) is 24.8 Å². The third kappa shape index (κ3) is 5.68. The van der Waals surface area contributed by atoms with Gasteiger partial charge in [0, 0.05) is 38.3 Å². The van der Waals surface area contributed by atoms with Crippen molar-refractivity contribution in [3.63, 3.8) is 0 Å². The molecule has 4 amide bonds. The van der Waals surface area contributed by atoms with Gasteiger partial charge < -0.3 is 10.2 Å². The van der Waals surface area contributed by atoms with Crippen LogP contribution in [0.3, 0.4) is 0 Å². The highest BCUT2D eigenvalue weighted by Crippen LogP contribution is 2.09. The van der Waals surface area contributed by atoms with Gasteiger partial charge in [-0.05, 0) is 24.3 Å². The van der Waals surface area contributed by atoms with Crippen molar-refractivity contribution in [1.82, 2.24) is 20.4 Å². The normalized spacial score (nSPS) is 14.7. The van der Waals surface area contributed by atoms with Gasteiger partial charge in [0.2, 0.25) is 5.91 Å². The molecule has 0 radical (unpaired) electrons. The summed E-state index contributed by atoms with van der Waals surface area (Å²) in [4.78, 5) is 39.0. The molecule has 0 saturated carbocycles. The highest BCUT2D eigenvalue weighted by Gasteiger charge is 2.23. The van der Waals surface area contributed by atoms with Gasteiger partial charge in [-0.15, -0.1) is 6.58 Å². The fraction of sp³-hybridized carbons (Fsp3) is 0.353. The number of hydrogen-bond acceptors (Lipinski definition) is 4. The topological polar surface area (TPSA) is 81.8 Å². The van der Waals surface area contributed by atoms with Crippen molar-refractivity contribution in [2.75, 3.05) is 39.3 Å². The summed E-state index contributed by atoms with van der Waals surface area (Å²) in [6.45, 7) is 5.80. The average Bonchev–Trinajstić information content (AvgIpc) is 2.60. The first-order valence-corrected chi connectivity index (χ1v) is 7.95. The van der Waals surface area contributed by atoms with E-state index < -0.39 is 11.9 Å². The molecule has 8 heteroatoms. The summed E-state index contributed by atoms with van der Waals surface area (Å²) in [5.74, 6) is -0.947. The van der Waals surface area contributed by atoms with Crippen molar-refractivity contribution >= 4 is 17.8 Å². The first-order chi connectivity index (χ1) is 12.0. The molecule has 0 bridgehead atoms. The Hall–Kier alpha value is -2.74. The second-order valence-corrected chi connectivity index (χ2v) is 5.62. The third-order valence-corrected chi connectivity index (χ3v) is 3.78. The lowest BCUT2D eigenvalue weighted by Crippen LogP contribution is -2.52. The Bertz CT molecular complexity index is 640. The number of nitrogens with zero attached hydrogens (tertiary/aromatic N) is 2. The minimum atomic E-state index is -0.560. The van der Waals surface area contributed by atoms with Crippen molar-refractivity contribution in [3.05, 3.63) is 48.3 Å². The number of nitrogens with one attached hydrogen (secondary N) is 2. The molecule has 1 aromatic carbocycles. The zero-order valence-electron chi connectivity index (χ0n) is 13.8. The minimum Gasteiger partial charge on any atom is -0.336 e. The summed E-state index contributed by atoms with van der Waals surface area (Å²) < 4.78 is 12.9. The zero-order chi connectivity index (χ0) is 18.2. The van der Waals surface area contributed by atoms with Crippen LogP contribution < -0.4 is 10.6 Å². The number of amides is 4. The van der Waals surface area contributed by atoms with Crippen LogP contribution >= 0.6 is 0 Å². The summed E-state index contributed by atoms with van der Waals surface area (Å²) in [6.07, 6.45) is 1.52. The van der Waals surface area contributed by atoms with E-state index in [4.69, 9.17) is 0 Å². The van der Waals surface area contributed by atoms with Crippen molar-refractivity contribution in [2.45, 2.75) is 0 Å². The van der Waals surface area contributed by atoms with Crippen molar-refractivity contribution < 1.29 is 18.8 Å². The Balaban J connectivity index is 1.76. The molecule has 2 N–H and O–H groups in total. The predicted octanol–water partition coefficient (Wildman–Crippen LogP) is 0.595. The Labute approximate surface area is 145 Å². The van der Waals surface area contributed by atoms with E-state index in [1.54, 1.807) is 4.90 Å². The maximum Gasteiger partial charge on any atom is 0.321 e. The predicted molar refractivity (Wildman–Crippen MR) is 90.5 cm³/mol. The molecule has 0 unspecified atom stereocenters. The molecular weight excluding hydrogens is 327 g/mol. The van der Waals surface area contributed by atoms with E-state index in [0.717, 1.165) is 0 Å². The first kappa shape index (κ1) is 18.6. The molecule has 25 heavy (non-hydrogen) atoms. The van der Waals surface area contributed by atoms with Crippen LogP contribution in [0.4, 0.5) is 9.18 Å². The van der Waals surface area contributed by atoms with Gasteiger partial charge in [0.25, 0.3) is 5.91 Å². The summed E-state index contributed by atoms with van der Waals surface area (Å²) in [5, 5.41) is 4.69. The monoisotopic (exact) mass is 348 g/mol. The van der Waals surface area contributed by atoms with Gasteiger partial charge in [0.15, 0.2) is 0 Å². The van der Waals surface area contributed by atoms with Crippen molar-refractivity contribution in [3.8, 4) is 0 Å². The van der Waals surface area contributed by atoms with E-state index in [1.807, 2.05) is 4.90 Å². The van der Waals surface area contributed by atoms with Gasteiger partial charge in [-0.2, -0.15) is 0 Å². The van der Waals surface area contributed by atoms with Crippen LogP contribution in [0.15, 0.2) is 36.9 Å². The smallest absolute Gasteiger partial charge is 0.321 e. The summed E-state index contributed by atoms with van der Waals surface area (Å²) in [7, 11) is 0. The van der Waals surface area contributed by atoms with E-state index >= 15 is 0 Å². The van der Waals surface area contributed by atoms with Crippen LogP contribution in [-0.4, -0.2) is 66.9 Å². The van der Waals surface area contributed by atoms with Gasteiger partial charge in [0.05, 0.1) is 6.54 Å². The molecule has 1 aliphatic rings. The van der Waals surface area contributed by atoms with Crippen LogP contribution in [0.2, 0.25) is 0 Å². The molecule has 0 atom stereocenters. The number of rotatable bonds is 5. The largest absolute Gasteiger partial charge is 0.336 e. The summed E-state index contributed by atoms with van der Waals surface area (Å²) in [6, 6.07) is 4.87. The van der Waals surface area contributed by atoms with Crippen molar-refractivity contribution in [1.29, 1.82) is 0 Å². The summed E-state index contributed by atoms with van der Waals surface area (Å²) in [5.41, 5.74) is 0.437. The molecule has 7 nitrogen and oxygen atoms in total. The van der Waals surface area contributed by atoms with Crippen LogP contribution in [0, 0.1) is 5.82 Å². The highest BCUT2D eigenvalue weighted by atomic mass is 19.1. The molecule has 1 aliphatic heterocycles. The number of carbonyl (C=O) groups is 3. The van der Waals surface area contributed by atoms with Gasteiger partial charge in [-0.1, -0.05) is 6.08 Å². The maximum absolute atomic E-state index is 12.9. The van der Waals surface area contributed by atoms with E-state index in [1.165, 1.54) is 30.3 Å². The quantitative estimate of drug-likeness (QED) is 0.764. The Kier molecular flexibility index (Phi) is 6.64. The van der Waals surface area contributed by atoms with Crippen LogP contribution in [-0.2, 0) is 4.79 Å². The van der Waals surface area contributed by atoms with Gasteiger partial charge in [-0.25, -0.2) is 9.18 Å². The molecule has 2 rings (SSSR count). The fourth-order valence-electron chi connectivity index (χ4n) is 2.46. The molecule has 1 saturated heterocycles. The number of benzene rings is 1. The number of carbonyl (C=O) groups excluding carboxylic acids is 3. The van der Waals surface area contributed by atoms with Gasteiger partial charge >= 0.3 is 6.03 Å². The average molecular weight is 348 g/mol. The molecule has 1 aromatic rings. The highest BCUT2D eigenvalue weighted by molar-refractivity contribution is 5.95. The number of halogens is 1. The van der Waals surface area contributed by atoms with E-state index in [0.29, 0.717) is 31.7 Å². The van der Waals surface area contributed by atoms with Crippen molar-refractivity contribution in [2.24, 2.45) is 0 Å². The SMILES string of the molecule is C=CCNC(=O)NC(=O)CN1CCN(C(=O)c2ccc(F)cc2)CC1. The number of piperazine rings is 1. The minimum absolute atomic E-state index is 0.0834. The van der Waals surface area contributed by atoms with E-state index in [2.05, 4.69) is 17.2 Å². The molecule has 0 aromatic heterocycles. The third-order valence-electron chi connectivity index (χ3n) is 3.78. The second-order valence-electron chi connectivity index (χ2n) is 5.62. The van der Waals surface area contributed by atoms with Crippen LogP contribution in [0.1, 0.15) is 10.4 Å². The molecule has 0 spiro atoms. The van der Waals surface area contributed by atoms with Crippen LogP contribution in [0.5, 0.6) is 0 Å². The van der Waals surface area contributed by atoms with Gasteiger partial charge in [-0.3, -0.25) is 19.8 Å². The van der Waals surface area contributed by atoms with E-state index in [9.17, 15) is 18.8 Å². The molecular formula is C17H21FN4O3. The molecule has 134 valence electrons. The Morgan fingerprint density at radius 1 is 1.12 bits per heavy atom. The lowest BCUT2D eigenvalue weighted by Gasteiger charge is -2.34. The maximum atomic E-state index is 12.9. The molecule has 1 heterocycles. The Morgan fingerprint density at radius 2 is 1.76 bits per heavy atom. The second kappa shape index (κ2) is 8.93. The lowest BCUT2D eigenvalue weighted by atomic mass is 10.2. The first-order valence-electron chi connectivity index (χ1n) is 7.95. The number of urea groups is 1. The lowest BCUT2D eigenvalue weighted by molar-refractivity contribution is -0.121. The standard InChI is InChI=1S/C17H21FN4O3/c1-2-7-19-17(25)20-15(23)12-21-8-10-22(11-9-21)16(24)13-3-5-14(18)6-4-13/h2-6H,1,7-12H2,(H2,19,20,23,25). The fourth-order valence-corrected chi connectivity index (χ4v) is 2.46. The molecule has 0 aliphatic carbocycles. The molecule has 1 fully saturated rings. The number of imide groups is 1. The number of hydrogen-bond donors (Lipinski definition) is 2. The zero-order valence-corrected chi connectivity index (χ0v) is 13.8. The Morgan fingerprint density at radius 3 is 2.36 bits per heavy atom.